The van der Waals surface area contributed by atoms with Crippen molar-refractivity contribution in [1.82, 2.24) is 9.55 Å². The standard InChI is InChI=1S/C16H17FN2.CH2O2/c17-13-8-4-7-12-14-9-18-10-19(14)16(15(12)13)11-5-2-1-3-6-11;2-1-3/h4,7-11,16H,1-3,5-6H2;1H,(H,2,3). The molecule has 0 amide bonds. The Morgan fingerprint density at radius 1 is 1.27 bits per heavy atom. The second kappa shape index (κ2) is 6.30. The van der Waals surface area contributed by atoms with E-state index in [0.717, 1.165) is 16.8 Å². The third kappa shape index (κ3) is 2.40. The Hall–Kier alpha value is -2.17. The number of nitrogens with zero attached hydrogens (tertiary/aromatic N) is 2. The van der Waals surface area contributed by atoms with Crippen molar-refractivity contribution in [2.45, 2.75) is 38.1 Å². The van der Waals surface area contributed by atoms with Crippen molar-refractivity contribution in [3.05, 3.63) is 42.1 Å². The lowest BCUT2D eigenvalue weighted by atomic mass is 9.81. The van der Waals surface area contributed by atoms with Crippen LogP contribution in [-0.4, -0.2) is 21.1 Å². The minimum Gasteiger partial charge on any atom is -0.483 e. The fourth-order valence-electron chi connectivity index (χ4n) is 3.85. The van der Waals surface area contributed by atoms with Gasteiger partial charge in [-0.1, -0.05) is 31.4 Å². The Morgan fingerprint density at radius 3 is 2.73 bits per heavy atom. The molecule has 2 heterocycles. The lowest BCUT2D eigenvalue weighted by molar-refractivity contribution is -0.122. The third-order valence-corrected chi connectivity index (χ3v) is 4.69. The quantitative estimate of drug-likeness (QED) is 0.813. The smallest absolute Gasteiger partial charge is 0.290 e. The van der Waals surface area contributed by atoms with Crippen molar-refractivity contribution in [2.75, 3.05) is 0 Å². The molecule has 22 heavy (non-hydrogen) atoms. The first-order valence-electron chi connectivity index (χ1n) is 7.66. The average Bonchev–Trinajstić information content (AvgIpc) is 3.10. The maximum absolute atomic E-state index is 14.3. The van der Waals surface area contributed by atoms with Gasteiger partial charge < -0.3 is 9.67 Å². The van der Waals surface area contributed by atoms with Crippen molar-refractivity contribution in [3.63, 3.8) is 0 Å². The van der Waals surface area contributed by atoms with Gasteiger partial charge in [-0.2, -0.15) is 0 Å². The molecular weight excluding hydrogens is 283 g/mol. The van der Waals surface area contributed by atoms with E-state index in [1.165, 1.54) is 32.1 Å². The van der Waals surface area contributed by atoms with Crippen LogP contribution in [0.4, 0.5) is 4.39 Å². The van der Waals surface area contributed by atoms with E-state index in [2.05, 4.69) is 9.55 Å². The zero-order valence-electron chi connectivity index (χ0n) is 12.3. The summed E-state index contributed by atoms with van der Waals surface area (Å²) in [7, 11) is 0. The molecule has 1 aromatic heterocycles. The Kier molecular flexibility index (Phi) is 4.22. The highest BCUT2D eigenvalue weighted by atomic mass is 19.1. The summed E-state index contributed by atoms with van der Waals surface area (Å²) in [5, 5.41) is 6.89. The largest absolute Gasteiger partial charge is 0.483 e. The van der Waals surface area contributed by atoms with Gasteiger partial charge in [0, 0.05) is 11.1 Å². The normalized spacial score (nSPS) is 19.8. The lowest BCUT2D eigenvalue weighted by Gasteiger charge is -2.29. The SMILES string of the molecule is Fc1cccc2c1C(C1CCCCC1)n1cncc1-2.O=CO. The number of hydrogen-bond donors (Lipinski definition) is 1. The molecule has 2 aromatic rings. The van der Waals surface area contributed by atoms with Crippen molar-refractivity contribution < 1.29 is 14.3 Å². The maximum atomic E-state index is 14.3. The van der Waals surface area contributed by atoms with Gasteiger partial charge in [0.1, 0.15) is 5.82 Å². The van der Waals surface area contributed by atoms with Gasteiger partial charge in [-0.05, 0) is 24.8 Å². The number of rotatable bonds is 1. The minimum absolute atomic E-state index is 0.0585. The molecule has 1 saturated carbocycles. The molecule has 116 valence electrons. The summed E-state index contributed by atoms with van der Waals surface area (Å²) in [6.45, 7) is -0.250. The van der Waals surface area contributed by atoms with Crippen molar-refractivity contribution >= 4 is 6.47 Å². The first kappa shape index (κ1) is 14.8. The van der Waals surface area contributed by atoms with E-state index < -0.39 is 0 Å². The van der Waals surface area contributed by atoms with Crippen molar-refractivity contribution in [3.8, 4) is 11.3 Å². The number of halogens is 1. The molecule has 1 aliphatic heterocycles. The van der Waals surface area contributed by atoms with Gasteiger partial charge in [0.2, 0.25) is 0 Å². The van der Waals surface area contributed by atoms with Gasteiger partial charge in [0.15, 0.2) is 0 Å². The number of hydrogen-bond acceptors (Lipinski definition) is 2. The predicted octanol–water partition coefficient (Wildman–Crippen LogP) is 3.87. The van der Waals surface area contributed by atoms with Crippen molar-refractivity contribution in [2.24, 2.45) is 5.92 Å². The predicted molar refractivity (Wildman–Crippen MR) is 81.0 cm³/mol. The van der Waals surface area contributed by atoms with E-state index in [0.29, 0.717) is 5.92 Å². The van der Waals surface area contributed by atoms with Gasteiger partial charge in [-0.25, -0.2) is 9.37 Å². The van der Waals surface area contributed by atoms with Crippen LogP contribution < -0.4 is 0 Å². The molecule has 1 unspecified atom stereocenters. The number of carbonyl (C=O) groups is 1. The summed E-state index contributed by atoms with van der Waals surface area (Å²) >= 11 is 0. The van der Waals surface area contributed by atoms with Crippen LogP contribution in [0, 0.1) is 11.7 Å². The van der Waals surface area contributed by atoms with Crippen molar-refractivity contribution in [1.29, 1.82) is 0 Å². The van der Waals surface area contributed by atoms with Crippen LogP contribution in [0.3, 0.4) is 0 Å². The first-order chi connectivity index (χ1) is 10.8. The van der Waals surface area contributed by atoms with Gasteiger partial charge >= 0.3 is 0 Å². The van der Waals surface area contributed by atoms with Crippen LogP contribution in [-0.2, 0) is 4.79 Å². The van der Waals surface area contributed by atoms with Crippen LogP contribution in [0.1, 0.15) is 43.7 Å². The van der Waals surface area contributed by atoms with Gasteiger partial charge in [0.25, 0.3) is 6.47 Å². The van der Waals surface area contributed by atoms with E-state index in [9.17, 15) is 4.39 Å². The highest BCUT2D eigenvalue weighted by molar-refractivity contribution is 5.69. The Bertz CT molecular complexity index is 662. The minimum atomic E-state index is -0.250. The Labute approximate surface area is 128 Å². The number of imidazole rings is 1. The van der Waals surface area contributed by atoms with E-state index in [1.54, 1.807) is 12.1 Å². The van der Waals surface area contributed by atoms with Gasteiger partial charge in [-0.15, -0.1) is 0 Å². The Balaban J connectivity index is 0.000000446. The summed E-state index contributed by atoms with van der Waals surface area (Å²) in [4.78, 5) is 12.6. The molecule has 0 spiro atoms. The molecule has 0 radical (unpaired) electrons. The third-order valence-electron chi connectivity index (χ3n) is 4.69. The van der Waals surface area contributed by atoms with Crippen LogP contribution in [0.25, 0.3) is 11.3 Å². The fraction of sp³-hybridized carbons (Fsp3) is 0.412. The van der Waals surface area contributed by atoms with E-state index in [1.807, 2.05) is 18.6 Å². The molecule has 0 bridgehead atoms. The Morgan fingerprint density at radius 2 is 2.00 bits per heavy atom. The summed E-state index contributed by atoms with van der Waals surface area (Å²) in [6, 6.07) is 5.58. The molecule has 4 rings (SSSR count). The lowest BCUT2D eigenvalue weighted by Crippen LogP contribution is -2.20. The van der Waals surface area contributed by atoms with Crippen LogP contribution in [0.2, 0.25) is 0 Å². The van der Waals surface area contributed by atoms with Crippen LogP contribution in [0.15, 0.2) is 30.7 Å². The summed E-state index contributed by atoms with van der Waals surface area (Å²) < 4.78 is 16.5. The molecule has 1 atom stereocenters. The highest BCUT2D eigenvalue weighted by Crippen LogP contribution is 2.47. The number of carboxylic acid groups (broad SMARTS) is 1. The highest BCUT2D eigenvalue weighted by Gasteiger charge is 2.36. The molecule has 1 aliphatic carbocycles. The zero-order valence-corrected chi connectivity index (χ0v) is 12.3. The molecule has 1 N–H and O–H groups in total. The van der Waals surface area contributed by atoms with Crippen LogP contribution in [0.5, 0.6) is 0 Å². The second-order valence-electron chi connectivity index (χ2n) is 5.84. The number of aromatic nitrogens is 2. The summed E-state index contributed by atoms with van der Waals surface area (Å²) in [5.74, 6) is 0.497. The number of fused-ring (bicyclic) bond motifs is 3. The van der Waals surface area contributed by atoms with Gasteiger partial charge in [-0.3, -0.25) is 4.79 Å². The maximum Gasteiger partial charge on any atom is 0.290 e. The molecule has 5 heteroatoms. The summed E-state index contributed by atoms with van der Waals surface area (Å²) in [6.07, 6.45) is 10.0. The first-order valence-corrected chi connectivity index (χ1v) is 7.66. The molecule has 1 aromatic carbocycles. The van der Waals surface area contributed by atoms with E-state index in [4.69, 9.17) is 9.90 Å². The van der Waals surface area contributed by atoms with Gasteiger partial charge in [0.05, 0.1) is 24.3 Å². The van der Waals surface area contributed by atoms with E-state index in [-0.39, 0.29) is 18.3 Å². The van der Waals surface area contributed by atoms with Crippen LogP contribution >= 0.6 is 0 Å². The fourth-order valence-corrected chi connectivity index (χ4v) is 3.85. The second-order valence-corrected chi connectivity index (χ2v) is 5.84. The molecular formula is C17H19FN2O2. The molecule has 0 saturated heterocycles. The topological polar surface area (TPSA) is 55.1 Å². The van der Waals surface area contributed by atoms with E-state index >= 15 is 0 Å². The zero-order chi connectivity index (χ0) is 15.5. The molecule has 4 nitrogen and oxygen atoms in total. The molecule has 2 aliphatic rings. The summed E-state index contributed by atoms with van der Waals surface area (Å²) in [5.41, 5.74) is 3.00. The molecule has 1 fully saturated rings. The average molecular weight is 302 g/mol. The monoisotopic (exact) mass is 302 g/mol. The number of benzene rings is 1.